The van der Waals surface area contributed by atoms with E-state index >= 15 is 0 Å². The Hall–Kier alpha value is -5.04. The highest BCUT2D eigenvalue weighted by Gasteiger charge is 2.32. The van der Waals surface area contributed by atoms with E-state index in [2.05, 4.69) is 15.3 Å². The average Bonchev–Trinajstić information content (AvgIpc) is 3.42. The van der Waals surface area contributed by atoms with E-state index < -0.39 is 76.3 Å². The lowest BCUT2D eigenvalue weighted by Gasteiger charge is -2.17. The fourth-order valence-electron chi connectivity index (χ4n) is 4.97. The van der Waals surface area contributed by atoms with Crippen molar-refractivity contribution in [3.05, 3.63) is 71.0 Å². The van der Waals surface area contributed by atoms with Crippen LogP contribution in [-0.4, -0.2) is 80.1 Å². The number of hydrogen-bond donors (Lipinski definition) is 3. The first-order chi connectivity index (χ1) is 23.4. The van der Waals surface area contributed by atoms with E-state index in [1.54, 1.807) is 12.1 Å². The molecule has 268 valence electrons. The third kappa shape index (κ3) is 8.94. The number of para-hydroxylation sites is 2. The van der Waals surface area contributed by atoms with Crippen LogP contribution < -0.4 is 14.8 Å². The molecule has 0 radical (unpaired) electrons. The number of ether oxygens (including phenoxy) is 2. The summed E-state index contributed by atoms with van der Waals surface area (Å²) in [7, 11) is -6.73. The molecule has 0 aliphatic carbocycles. The van der Waals surface area contributed by atoms with E-state index in [1.165, 1.54) is 57.3 Å². The molecule has 3 N–H and O–H groups in total. The van der Waals surface area contributed by atoms with Gasteiger partial charge in [-0.25, -0.2) is 22.2 Å². The molecule has 2 atom stereocenters. The van der Waals surface area contributed by atoms with Crippen molar-refractivity contribution in [3.8, 4) is 11.5 Å². The summed E-state index contributed by atoms with van der Waals surface area (Å²) in [6, 6.07) is 8.60. The standard InChI is InChI=1S/C31H31F3N4O10S2/c1-17-12-20(47-14-26(39)36-22(29(42)43)8-9-27(40)41)13-18(2)28(17)50(45,46)38-24-7-5-4-6-21(24)37-30(38)49(44)15-23-19(3)25(10-11-35-23)48-16-31(32,33)34/h4-7,10-13,22H,8-9,14-16H2,1-3H3,(H,36,39)(H,40,41)(H,42,43). The summed E-state index contributed by atoms with van der Waals surface area (Å²) in [6.07, 6.45) is -4.24. The van der Waals surface area contributed by atoms with Gasteiger partial charge < -0.3 is 25.0 Å². The molecule has 0 fully saturated rings. The maximum absolute atomic E-state index is 14.3. The van der Waals surface area contributed by atoms with Crippen molar-refractivity contribution in [1.29, 1.82) is 0 Å². The molecule has 0 aliphatic heterocycles. The van der Waals surface area contributed by atoms with Crippen molar-refractivity contribution in [2.24, 2.45) is 0 Å². The SMILES string of the molecule is Cc1cc(OCC(=O)NC(CCC(=O)O)C(=O)O)cc(C)c1S(=O)(=O)n1c(S(=O)Cc2nccc(OCC(F)(F)F)c2C)nc2ccccc21. The van der Waals surface area contributed by atoms with Gasteiger partial charge in [0.15, 0.2) is 13.2 Å². The molecule has 0 spiro atoms. The number of aromatic nitrogens is 3. The summed E-state index contributed by atoms with van der Waals surface area (Å²) in [5.41, 5.74) is 0.947. The van der Waals surface area contributed by atoms with E-state index in [4.69, 9.17) is 14.6 Å². The zero-order valence-electron chi connectivity index (χ0n) is 26.7. The first-order valence-electron chi connectivity index (χ1n) is 14.6. The molecule has 2 unspecified atom stereocenters. The molecule has 4 rings (SSSR count). The number of carbonyl (C=O) groups is 3. The molecule has 0 bridgehead atoms. The maximum Gasteiger partial charge on any atom is 0.422 e. The number of benzene rings is 2. The molecule has 0 saturated carbocycles. The number of nitrogens with zero attached hydrogens (tertiary/aromatic N) is 3. The topological polar surface area (TPSA) is 204 Å². The Morgan fingerprint density at radius 3 is 2.32 bits per heavy atom. The predicted octanol–water partition coefficient (Wildman–Crippen LogP) is 3.66. The first-order valence-corrected chi connectivity index (χ1v) is 17.4. The number of fused-ring (bicyclic) bond motifs is 1. The Kier molecular flexibility index (Phi) is 11.5. The Labute approximate surface area is 285 Å². The van der Waals surface area contributed by atoms with Crippen molar-refractivity contribution in [2.75, 3.05) is 13.2 Å². The molecule has 2 aromatic carbocycles. The Bertz CT molecular complexity index is 2060. The Balaban J connectivity index is 1.63. The largest absolute Gasteiger partial charge is 0.484 e. The van der Waals surface area contributed by atoms with Gasteiger partial charge >= 0.3 is 18.1 Å². The Morgan fingerprint density at radius 1 is 1.04 bits per heavy atom. The number of aryl methyl sites for hydroxylation is 2. The lowest BCUT2D eigenvalue weighted by Crippen LogP contribution is -2.43. The van der Waals surface area contributed by atoms with Crippen LogP contribution in [0.25, 0.3) is 11.0 Å². The van der Waals surface area contributed by atoms with Gasteiger partial charge in [0.2, 0.25) is 5.16 Å². The van der Waals surface area contributed by atoms with Gasteiger partial charge in [0.25, 0.3) is 15.9 Å². The summed E-state index contributed by atoms with van der Waals surface area (Å²) >= 11 is 0. The number of aliphatic carboxylic acids is 2. The highest BCUT2D eigenvalue weighted by Crippen LogP contribution is 2.32. The summed E-state index contributed by atoms with van der Waals surface area (Å²) in [5, 5.41) is 19.9. The van der Waals surface area contributed by atoms with E-state index in [0.29, 0.717) is 0 Å². The number of imidazole rings is 1. The number of amides is 1. The average molecular weight is 741 g/mol. The highest BCUT2D eigenvalue weighted by atomic mass is 32.2. The quantitative estimate of drug-likeness (QED) is 0.160. The maximum atomic E-state index is 14.3. The first kappa shape index (κ1) is 37.8. The lowest BCUT2D eigenvalue weighted by molar-refractivity contribution is -0.153. The molecular formula is C31H31F3N4O10S2. The van der Waals surface area contributed by atoms with Crippen LogP contribution in [0.1, 0.15) is 35.2 Å². The smallest absolute Gasteiger partial charge is 0.422 e. The van der Waals surface area contributed by atoms with E-state index in [0.717, 1.165) is 3.97 Å². The van der Waals surface area contributed by atoms with Gasteiger partial charge in [0.1, 0.15) is 17.5 Å². The second-order valence-electron chi connectivity index (χ2n) is 11.0. The Morgan fingerprint density at radius 2 is 1.70 bits per heavy atom. The van der Waals surface area contributed by atoms with Crippen LogP contribution in [0.5, 0.6) is 11.5 Å². The highest BCUT2D eigenvalue weighted by molar-refractivity contribution is 7.91. The molecule has 4 aromatic rings. The predicted molar refractivity (Wildman–Crippen MR) is 171 cm³/mol. The van der Waals surface area contributed by atoms with Crippen LogP contribution in [0, 0.1) is 20.8 Å². The van der Waals surface area contributed by atoms with Gasteiger partial charge in [-0.2, -0.15) is 13.2 Å². The van der Waals surface area contributed by atoms with Crippen molar-refractivity contribution < 1.29 is 59.9 Å². The van der Waals surface area contributed by atoms with Crippen molar-refractivity contribution in [1.82, 2.24) is 19.3 Å². The lowest BCUT2D eigenvalue weighted by atomic mass is 10.1. The normalized spacial score (nSPS) is 13.1. The fourth-order valence-corrected chi connectivity index (χ4v) is 8.44. The van der Waals surface area contributed by atoms with Crippen LogP contribution in [0.2, 0.25) is 0 Å². The molecule has 1 amide bonds. The second-order valence-corrected chi connectivity index (χ2v) is 14.1. The second kappa shape index (κ2) is 15.2. The van der Waals surface area contributed by atoms with Crippen molar-refractivity contribution in [2.45, 2.75) is 61.6 Å². The van der Waals surface area contributed by atoms with Gasteiger partial charge in [0.05, 0.1) is 38.2 Å². The minimum Gasteiger partial charge on any atom is -0.484 e. The molecule has 19 heteroatoms. The van der Waals surface area contributed by atoms with Gasteiger partial charge in [-0.05, 0) is 68.7 Å². The number of nitrogens with one attached hydrogen (secondary N) is 1. The summed E-state index contributed by atoms with van der Waals surface area (Å²) < 4.78 is 91.9. The molecule has 0 aliphatic rings. The summed E-state index contributed by atoms with van der Waals surface area (Å²) in [4.78, 5) is 42.8. The van der Waals surface area contributed by atoms with E-state index in [9.17, 15) is 45.3 Å². The van der Waals surface area contributed by atoms with Crippen LogP contribution in [0.4, 0.5) is 13.2 Å². The number of pyridine rings is 1. The van der Waals surface area contributed by atoms with Crippen LogP contribution in [0.15, 0.2) is 58.7 Å². The third-order valence-corrected chi connectivity index (χ3v) is 10.5. The molecule has 50 heavy (non-hydrogen) atoms. The zero-order chi connectivity index (χ0) is 37.0. The van der Waals surface area contributed by atoms with Gasteiger partial charge in [-0.1, -0.05) is 12.1 Å². The van der Waals surface area contributed by atoms with Gasteiger partial charge in [-0.15, -0.1) is 0 Å². The number of hydrogen-bond acceptors (Lipinski definition) is 10. The van der Waals surface area contributed by atoms with Gasteiger partial charge in [0, 0.05) is 18.2 Å². The zero-order valence-corrected chi connectivity index (χ0v) is 28.3. The van der Waals surface area contributed by atoms with E-state index in [1.807, 2.05) is 0 Å². The van der Waals surface area contributed by atoms with Crippen LogP contribution in [-0.2, 0) is 41.0 Å². The minimum absolute atomic E-state index is 0.0694. The number of rotatable bonds is 15. The molecule has 2 heterocycles. The molecule has 14 nitrogen and oxygen atoms in total. The summed E-state index contributed by atoms with van der Waals surface area (Å²) in [6.45, 7) is 2.16. The minimum atomic E-state index is -4.59. The number of carboxylic acids is 2. The van der Waals surface area contributed by atoms with Crippen molar-refractivity contribution in [3.63, 3.8) is 0 Å². The molecule has 0 saturated heterocycles. The van der Waals surface area contributed by atoms with Crippen LogP contribution in [0.3, 0.4) is 0 Å². The summed E-state index contributed by atoms with van der Waals surface area (Å²) in [5.74, 6) is -3.98. The van der Waals surface area contributed by atoms with Gasteiger partial charge in [-0.3, -0.25) is 18.8 Å². The molecule has 2 aromatic heterocycles. The third-order valence-electron chi connectivity index (χ3n) is 7.19. The number of halogens is 3. The molecular weight excluding hydrogens is 709 g/mol. The number of carbonyl (C=O) groups excluding carboxylic acids is 1. The van der Waals surface area contributed by atoms with Crippen LogP contribution >= 0.6 is 0 Å². The van der Waals surface area contributed by atoms with Crippen molar-refractivity contribution >= 4 is 49.7 Å². The monoisotopic (exact) mass is 740 g/mol. The number of alkyl halides is 3. The fraction of sp³-hybridized carbons (Fsp3) is 0.323. The van der Waals surface area contributed by atoms with E-state index in [-0.39, 0.29) is 61.4 Å². The number of carboxylic acid groups (broad SMARTS) is 2.